The van der Waals surface area contributed by atoms with E-state index >= 15 is 0 Å². The molecule has 0 atom stereocenters. The van der Waals surface area contributed by atoms with Crippen LogP contribution in [-0.2, 0) is 4.74 Å². The summed E-state index contributed by atoms with van der Waals surface area (Å²) in [5, 5.41) is 37.0. The Morgan fingerprint density at radius 3 is 2.11 bits per heavy atom. The molecule has 0 saturated carbocycles. The molecule has 1 aliphatic rings. The highest BCUT2D eigenvalue weighted by molar-refractivity contribution is 5.84. The van der Waals surface area contributed by atoms with Gasteiger partial charge in [0.05, 0.1) is 11.9 Å². The van der Waals surface area contributed by atoms with Crippen molar-refractivity contribution >= 4 is 11.3 Å². The van der Waals surface area contributed by atoms with Gasteiger partial charge in [-0.3, -0.25) is 0 Å². The first-order valence-corrected chi connectivity index (χ1v) is 11.6. The maximum absolute atomic E-state index is 9.79. The van der Waals surface area contributed by atoms with Crippen LogP contribution in [0.15, 0.2) is 71.6 Å². The second-order valence-electron chi connectivity index (χ2n) is 8.72. The highest BCUT2D eigenvalue weighted by atomic mass is 16.5. The average molecular weight is 476 g/mol. The summed E-state index contributed by atoms with van der Waals surface area (Å²) >= 11 is 0. The van der Waals surface area contributed by atoms with Crippen molar-refractivity contribution in [2.45, 2.75) is 33.3 Å². The third-order valence-electron chi connectivity index (χ3n) is 6.20. The Morgan fingerprint density at radius 2 is 1.56 bits per heavy atom. The molecule has 3 aromatic rings. The molecule has 0 aliphatic carbocycles. The Bertz CT molecular complexity index is 1450. The van der Waals surface area contributed by atoms with E-state index in [9.17, 15) is 15.8 Å². The summed E-state index contributed by atoms with van der Waals surface area (Å²) in [5.41, 5.74) is 4.17. The third-order valence-corrected chi connectivity index (χ3v) is 6.20. The molecule has 8 heteroatoms. The predicted octanol–water partition coefficient (Wildman–Crippen LogP) is 5.17. The quantitative estimate of drug-likeness (QED) is 0.452. The van der Waals surface area contributed by atoms with Crippen LogP contribution in [0.1, 0.15) is 33.3 Å². The van der Waals surface area contributed by atoms with Gasteiger partial charge in [0.15, 0.2) is 11.3 Å². The molecular formula is C28H25N7O. The second kappa shape index (κ2) is 9.78. The molecule has 4 rings (SSSR count). The minimum absolute atomic E-state index is 0.0292. The lowest BCUT2D eigenvalue weighted by Gasteiger charge is -2.22. The Labute approximate surface area is 210 Å². The maximum atomic E-state index is 9.79. The number of nitrogens with zero attached hydrogens (tertiary/aromatic N) is 7. The van der Waals surface area contributed by atoms with E-state index in [-0.39, 0.29) is 16.9 Å². The predicted molar refractivity (Wildman–Crippen MR) is 136 cm³/mol. The van der Waals surface area contributed by atoms with E-state index in [2.05, 4.69) is 47.3 Å². The van der Waals surface area contributed by atoms with E-state index in [1.807, 2.05) is 68.6 Å². The molecule has 1 aromatic heterocycles. The highest BCUT2D eigenvalue weighted by Gasteiger charge is 2.40. The Balaban J connectivity index is 1.64. The molecule has 0 amide bonds. The molecule has 1 aliphatic heterocycles. The fraction of sp³-hybridized carbons (Fsp3) is 0.250. The number of aromatic nitrogens is 3. The summed E-state index contributed by atoms with van der Waals surface area (Å²) in [5.74, 6) is 0.0292. The zero-order valence-electron chi connectivity index (χ0n) is 20.6. The monoisotopic (exact) mass is 475 g/mol. The van der Waals surface area contributed by atoms with E-state index in [1.54, 1.807) is 4.68 Å². The molecule has 0 saturated heterocycles. The summed E-state index contributed by atoms with van der Waals surface area (Å²) in [4.78, 5) is 2.28. The molecule has 0 unspecified atom stereocenters. The minimum Gasteiger partial charge on any atom is -0.480 e. The van der Waals surface area contributed by atoms with Crippen molar-refractivity contribution in [2.24, 2.45) is 0 Å². The summed E-state index contributed by atoms with van der Waals surface area (Å²) in [6.45, 7) is 9.79. The molecule has 36 heavy (non-hydrogen) atoms. The van der Waals surface area contributed by atoms with Crippen LogP contribution in [0.2, 0.25) is 0 Å². The van der Waals surface area contributed by atoms with Gasteiger partial charge >= 0.3 is 0 Å². The third kappa shape index (κ3) is 4.31. The number of rotatable bonds is 6. The second-order valence-corrected chi connectivity index (χ2v) is 8.72. The average Bonchev–Trinajstić information content (AvgIpc) is 3.48. The van der Waals surface area contributed by atoms with Gasteiger partial charge in [0.1, 0.15) is 35.1 Å². The van der Waals surface area contributed by atoms with Crippen molar-refractivity contribution in [3.8, 4) is 35.2 Å². The Morgan fingerprint density at radius 1 is 0.944 bits per heavy atom. The number of anilines is 1. The van der Waals surface area contributed by atoms with Gasteiger partial charge in [0, 0.05) is 29.9 Å². The summed E-state index contributed by atoms with van der Waals surface area (Å²) in [6.07, 6.45) is 1.87. The van der Waals surface area contributed by atoms with Gasteiger partial charge < -0.3 is 9.64 Å². The topological polar surface area (TPSA) is 115 Å². The van der Waals surface area contributed by atoms with E-state index in [0.717, 1.165) is 29.9 Å². The molecule has 0 bridgehead atoms. The lowest BCUT2D eigenvalue weighted by atomic mass is 9.88. The van der Waals surface area contributed by atoms with Crippen molar-refractivity contribution in [3.63, 3.8) is 0 Å². The lowest BCUT2D eigenvalue weighted by Crippen LogP contribution is -2.21. The van der Waals surface area contributed by atoms with Crippen LogP contribution in [0, 0.1) is 34.0 Å². The molecule has 178 valence electrons. The SMILES string of the molecule is CCN(CC)c1ccc(-n2cc(-c3ccc(C4=C(C#N)C(=C(C#N)C#N)OC4(C)C)cc3)nn2)cc1. The van der Waals surface area contributed by atoms with Crippen LogP contribution in [0.3, 0.4) is 0 Å². The molecule has 0 N–H and O–H groups in total. The van der Waals surface area contributed by atoms with Crippen LogP contribution in [0.25, 0.3) is 22.5 Å². The molecule has 0 spiro atoms. The summed E-state index contributed by atoms with van der Waals surface area (Å²) < 4.78 is 7.62. The molecule has 2 heterocycles. The van der Waals surface area contributed by atoms with Gasteiger partial charge in [-0.1, -0.05) is 29.5 Å². The van der Waals surface area contributed by atoms with Crippen molar-refractivity contribution in [1.29, 1.82) is 15.8 Å². The number of ether oxygens (including phenoxy) is 1. The van der Waals surface area contributed by atoms with E-state index in [1.165, 1.54) is 5.69 Å². The number of benzene rings is 2. The Hall–Kier alpha value is -4.87. The van der Waals surface area contributed by atoms with Crippen LogP contribution in [0.4, 0.5) is 5.69 Å². The zero-order valence-corrected chi connectivity index (χ0v) is 20.6. The summed E-state index contributed by atoms with van der Waals surface area (Å²) in [6, 6.07) is 21.5. The number of hydrogen-bond acceptors (Lipinski definition) is 7. The van der Waals surface area contributed by atoms with Crippen molar-refractivity contribution < 1.29 is 4.74 Å². The standard InChI is InChI=1S/C28H25N7O/c1-5-34(6-2)22-11-13-23(14-12-22)35-18-25(32-33-35)19-7-9-20(10-8-19)26-24(17-31)27(21(15-29)16-30)36-28(26,3)4/h7-14,18H,5-6H2,1-4H3. The molecular weight excluding hydrogens is 450 g/mol. The number of hydrogen-bond donors (Lipinski definition) is 0. The van der Waals surface area contributed by atoms with Crippen molar-refractivity contribution in [2.75, 3.05) is 18.0 Å². The number of allylic oxidation sites excluding steroid dienone is 2. The van der Waals surface area contributed by atoms with E-state index in [0.29, 0.717) is 11.3 Å². The molecule has 0 fully saturated rings. The van der Waals surface area contributed by atoms with Gasteiger partial charge in [0.2, 0.25) is 0 Å². The Kier molecular flexibility index (Phi) is 6.59. The lowest BCUT2D eigenvalue weighted by molar-refractivity contribution is 0.109. The van der Waals surface area contributed by atoms with E-state index in [4.69, 9.17) is 4.74 Å². The highest BCUT2D eigenvalue weighted by Crippen LogP contribution is 2.45. The fourth-order valence-corrected chi connectivity index (χ4v) is 4.41. The largest absolute Gasteiger partial charge is 0.480 e. The van der Waals surface area contributed by atoms with Crippen molar-refractivity contribution in [3.05, 3.63) is 77.2 Å². The van der Waals surface area contributed by atoms with Gasteiger partial charge in [-0.15, -0.1) is 5.10 Å². The van der Waals surface area contributed by atoms with Crippen LogP contribution in [0.5, 0.6) is 0 Å². The smallest absolute Gasteiger partial charge is 0.172 e. The molecule has 8 nitrogen and oxygen atoms in total. The molecule has 0 radical (unpaired) electrons. The maximum Gasteiger partial charge on any atom is 0.172 e. The summed E-state index contributed by atoms with van der Waals surface area (Å²) in [7, 11) is 0. The van der Waals surface area contributed by atoms with Gasteiger partial charge in [0.25, 0.3) is 0 Å². The molecule has 2 aromatic carbocycles. The fourth-order valence-electron chi connectivity index (χ4n) is 4.41. The first-order chi connectivity index (χ1) is 17.4. The van der Waals surface area contributed by atoms with Crippen molar-refractivity contribution in [1.82, 2.24) is 15.0 Å². The van der Waals surface area contributed by atoms with Crippen LogP contribution < -0.4 is 4.90 Å². The van der Waals surface area contributed by atoms with E-state index < -0.39 is 5.60 Å². The van der Waals surface area contributed by atoms with Crippen LogP contribution >= 0.6 is 0 Å². The van der Waals surface area contributed by atoms with Gasteiger partial charge in [-0.05, 0) is 57.5 Å². The van der Waals surface area contributed by atoms with Gasteiger partial charge in [-0.2, -0.15) is 15.8 Å². The zero-order chi connectivity index (χ0) is 25.9. The van der Waals surface area contributed by atoms with Gasteiger partial charge in [-0.25, -0.2) is 4.68 Å². The number of nitriles is 3. The first kappa shape index (κ1) is 24.3. The van der Waals surface area contributed by atoms with Crippen LogP contribution in [-0.4, -0.2) is 33.7 Å². The minimum atomic E-state index is -0.874. The normalized spacial score (nSPS) is 14.0. The first-order valence-electron chi connectivity index (χ1n) is 11.6.